The molecule has 4 rings (SSSR count). The lowest BCUT2D eigenvalue weighted by Gasteiger charge is -2.44. The molecule has 0 radical (unpaired) electrons. The Labute approximate surface area is 197 Å². The van der Waals surface area contributed by atoms with Gasteiger partial charge in [-0.2, -0.15) is 0 Å². The van der Waals surface area contributed by atoms with Crippen LogP contribution in [0.2, 0.25) is 0 Å². The van der Waals surface area contributed by atoms with Crippen molar-refractivity contribution in [3.63, 3.8) is 0 Å². The molecule has 182 valence electrons. The van der Waals surface area contributed by atoms with Crippen LogP contribution in [0.3, 0.4) is 0 Å². The molecule has 7 heteroatoms. The van der Waals surface area contributed by atoms with E-state index in [1.54, 1.807) is 6.26 Å². The normalized spacial score (nSPS) is 22.1. The molecule has 0 aromatic carbocycles. The number of unbranched alkanes of at least 4 members (excludes halogenated alkanes) is 1. The van der Waals surface area contributed by atoms with Crippen molar-refractivity contribution < 1.29 is 14.0 Å². The van der Waals surface area contributed by atoms with E-state index in [9.17, 15) is 9.59 Å². The van der Waals surface area contributed by atoms with E-state index in [0.717, 1.165) is 50.7 Å². The fourth-order valence-electron chi connectivity index (χ4n) is 5.43. The van der Waals surface area contributed by atoms with Crippen molar-refractivity contribution in [2.24, 2.45) is 0 Å². The maximum atomic E-state index is 13.7. The van der Waals surface area contributed by atoms with Gasteiger partial charge in [-0.25, -0.2) is 0 Å². The maximum absolute atomic E-state index is 13.7. The standard InChI is InChI=1S/C26H40N4O3/c1-4-5-14-28(3)15-10-16-30-24(31)22-18-23-21(13-17-33-23)29(22)19-26(30,2)25(32)27-20-11-8-6-7-9-12-20/h13,17-18,20H,4-12,14-16,19H2,1-3H3,(H,27,32). The van der Waals surface area contributed by atoms with Crippen LogP contribution < -0.4 is 5.32 Å². The van der Waals surface area contributed by atoms with Crippen LogP contribution in [0.1, 0.15) is 82.1 Å². The van der Waals surface area contributed by atoms with Gasteiger partial charge in [0.1, 0.15) is 11.2 Å². The average molecular weight is 457 g/mol. The Morgan fingerprint density at radius 2 is 1.94 bits per heavy atom. The van der Waals surface area contributed by atoms with Gasteiger partial charge in [-0.3, -0.25) is 9.59 Å². The second kappa shape index (κ2) is 10.3. The van der Waals surface area contributed by atoms with Gasteiger partial charge in [-0.1, -0.05) is 39.0 Å². The number of nitrogens with zero attached hydrogens (tertiary/aromatic N) is 3. The van der Waals surface area contributed by atoms with Gasteiger partial charge >= 0.3 is 0 Å². The van der Waals surface area contributed by atoms with Gasteiger partial charge in [0.15, 0.2) is 5.58 Å². The summed E-state index contributed by atoms with van der Waals surface area (Å²) < 4.78 is 7.54. The third-order valence-electron chi connectivity index (χ3n) is 7.54. The minimum atomic E-state index is -0.929. The highest BCUT2D eigenvalue weighted by Crippen LogP contribution is 2.33. The van der Waals surface area contributed by atoms with Crippen LogP contribution in [0.5, 0.6) is 0 Å². The quantitative estimate of drug-likeness (QED) is 0.568. The third-order valence-corrected chi connectivity index (χ3v) is 7.54. The fourth-order valence-corrected chi connectivity index (χ4v) is 5.43. The summed E-state index contributed by atoms with van der Waals surface area (Å²) in [6, 6.07) is 3.91. The molecular formula is C26H40N4O3. The highest BCUT2D eigenvalue weighted by Gasteiger charge is 2.48. The fraction of sp³-hybridized carbons (Fsp3) is 0.692. The first kappa shape index (κ1) is 23.9. The van der Waals surface area contributed by atoms with Crippen molar-refractivity contribution in [3.05, 3.63) is 24.1 Å². The Hall–Kier alpha value is -2.28. The number of furan rings is 1. The van der Waals surface area contributed by atoms with Crippen molar-refractivity contribution in [2.75, 3.05) is 26.7 Å². The van der Waals surface area contributed by atoms with Crippen LogP contribution in [0.15, 0.2) is 22.8 Å². The first-order valence-electron chi connectivity index (χ1n) is 12.8. The SMILES string of the molecule is CCCCN(C)CCCN1C(=O)c2cc3occc3n2CC1(C)C(=O)NC1CCCCCC1. The van der Waals surface area contributed by atoms with Crippen LogP contribution in [0, 0.1) is 0 Å². The molecule has 33 heavy (non-hydrogen) atoms. The zero-order chi connectivity index (χ0) is 23.4. The van der Waals surface area contributed by atoms with Gasteiger partial charge in [0, 0.05) is 24.7 Å². The molecule has 0 saturated heterocycles. The van der Waals surface area contributed by atoms with Gasteiger partial charge < -0.3 is 24.1 Å². The molecule has 1 aliphatic carbocycles. The lowest BCUT2D eigenvalue weighted by Crippen LogP contribution is -2.65. The number of carbonyl (C=O) groups excluding carboxylic acids is 2. The summed E-state index contributed by atoms with van der Waals surface area (Å²) in [5, 5.41) is 3.33. The van der Waals surface area contributed by atoms with Gasteiger partial charge in [0.25, 0.3) is 5.91 Å². The van der Waals surface area contributed by atoms with Crippen LogP contribution in [0.4, 0.5) is 0 Å². The number of hydrogen-bond acceptors (Lipinski definition) is 4. The minimum Gasteiger partial charge on any atom is -0.463 e. The largest absolute Gasteiger partial charge is 0.463 e. The van der Waals surface area contributed by atoms with Crippen molar-refractivity contribution in [3.8, 4) is 0 Å². The number of nitrogens with one attached hydrogen (secondary N) is 1. The maximum Gasteiger partial charge on any atom is 0.271 e. The number of carbonyl (C=O) groups is 2. The van der Waals surface area contributed by atoms with Crippen molar-refractivity contribution in [1.29, 1.82) is 0 Å². The zero-order valence-electron chi connectivity index (χ0n) is 20.6. The molecule has 0 bridgehead atoms. The molecule has 2 aromatic heterocycles. The van der Waals surface area contributed by atoms with Gasteiger partial charge in [-0.15, -0.1) is 0 Å². The second-order valence-corrected chi connectivity index (χ2v) is 10.2. The highest BCUT2D eigenvalue weighted by molar-refractivity contribution is 6.02. The monoisotopic (exact) mass is 456 g/mol. The first-order chi connectivity index (χ1) is 15.9. The predicted molar refractivity (Wildman–Crippen MR) is 130 cm³/mol. The van der Waals surface area contributed by atoms with Crippen LogP contribution in [-0.2, 0) is 11.3 Å². The summed E-state index contributed by atoms with van der Waals surface area (Å²) in [5.74, 6) is -0.111. The summed E-state index contributed by atoms with van der Waals surface area (Å²) >= 11 is 0. The number of aromatic nitrogens is 1. The Kier molecular flexibility index (Phi) is 7.47. The molecular weight excluding hydrogens is 416 g/mol. The molecule has 1 N–H and O–H groups in total. The Balaban J connectivity index is 1.55. The zero-order valence-corrected chi connectivity index (χ0v) is 20.6. The molecule has 1 fully saturated rings. The summed E-state index contributed by atoms with van der Waals surface area (Å²) in [5.41, 5.74) is 1.27. The van der Waals surface area contributed by atoms with Crippen LogP contribution >= 0.6 is 0 Å². The van der Waals surface area contributed by atoms with E-state index in [1.165, 1.54) is 25.7 Å². The Morgan fingerprint density at radius 3 is 2.67 bits per heavy atom. The smallest absolute Gasteiger partial charge is 0.271 e. The molecule has 2 amide bonds. The summed E-state index contributed by atoms with van der Waals surface area (Å²) in [6.45, 7) is 7.12. The topological polar surface area (TPSA) is 70.7 Å². The summed E-state index contributed by atoms with van der Waals surface area (Å²) in [6.07, 6.45) is 11.7. The van der Waals surface area contributed by atoms with Gasteiger partial charge in [-0.05, 0) is 52.7 Å². The average Bonchev–Trinajstić information content (AvgIpc) is 3.29. The van der Waals surface area contributed by atoms with E-state index in [2.05, 4.69) is 24.2 Å². The van der Waals surface area contributed by atoms with Crippen LogP contribution in [0.25, 0.3) is 11.1 Å². The van der Waals surface area contributed by atoms with E-state index in [-0.39, 0.29) is 17.9 Å². The van der Waals surface area contributed by atoms with Crippen molar-refractivity contribution >= 4 is 22.9 Å². The van der Waals surface area contributed by atoms with E-state index < -0.39 is 5.54 Å². The molecule has 3 heterocycles. The number of fused-ring (bicyclic) bond motifs is 3. The van der Waals surface area contributed by atoms with E-state index in [1.807, 2.05) is 28.5 Å². The number of amides is 2. The molecule has 2 aliphatic rings. The molecule has 1 saturated carbocycles. The molecule has 1 unspecified atom stereocenters. The first-order valence-corrected chi connectivity index (χ1v) is 12.8. The molecule has 0 spiro atoms. The lowest BCUT2D eigenvalue weighted by atomic mass is 9.93. The summed E-state index contributed by atoms with van der Waals surface area (Å²) in [4.78, 5) is 31.6. The Morgan fingerprint density at radius 1 is 1.21 bits per heavy atom. The van der Waals surface area contributed by atoms with Crippen molar-refractivity contribution in [2.45, 2.75) is 89.8 Å². The lowest BCUT2D eigenvalue weighted by molar-refractivity contribution is -0.133. The third kappa shape index (κ3) is 4.98. The van der Waals surface area contributed by atoms with Gasteiger partial charge in [0.2, 0.25) is 5.91 Å². The predicted octanol–water partition coefficient (Wildman–Crippen LogP) is 4.41. The van der Waals surface area contributed by atoms with Crippen LogP contribution in [-0.4, -0.2) is 64.4 Å². The minimum absolute atomic E-state index is 0.0296. The van der Waals surface area contributed by atoms with E-state index in [0.29, 0.717) is 24.4 Å². The molecule has 2 aromatic rings. The molecule has 1 aliphatic heterocycles. The summed E-state index contributed by atoms with van der Waals surface area (Å²) in [7, 11) is 2.13. The molecule has 1 atom stereocenters. The van der Waals surface area contributed by atoms with E-state index in [4.69, 9.17) is 4.42 Å². The number of hydrogen-bond donors (Lipinski definition) is 1. The van der Waals surface area contributed by atoms with E-state index >= 15 is 0 Å². The number of rotatable bonds is 9. The highest BCUT2D eigenvalue weighted by atomic mass is 16.3. The molecule has 7 nitrogen and oxygen atoms in total. The van der Waals surface area contributed by atoms with Gasteiger partial charge in [0.05, 0.1) is 18.3 Å². The Bertz CT molecular complexity index is 956. The van der Waals surface area contributed by atoms with Crippen molar-refractivity contribution in [1.82, 2.24) is 19.7 Å². The second-order valence-electron chi connectivity index (χ2n) is 10.2.